The molecule has 9 heteroatoms. The van der Waals surface area contributed by atoms with E-state index in [4.69, 9.17) is 0 Å². The molecule has 2 N–H and O–H groups in total. The van der Waals surface area contributed by atoms with Gasteiger partial charge in [-0.2, -0.15) is 13.2 Å². The number of halogens is 3. The number of rotatable bonds is 6. The van der Waals surface area contributed by atoms with Crippen LogP contribution in [-0.4, -0.2) is 32.4 Å². The molecule has 0 radical (unpaired) electrons. The van der Waals surface area contributed by atoms with Gasteiger partial charge in [0.05, 0.1) is 16.7 Å². The molecule has 160 valence electrons. The summed E-state index contributed by atoms with van der Waals surface area (Å²) in [4.78, 5) is 4.35. The van der Waals surface area contributed by atoms with Gasteiger partial charge in [-0.1, -0.05) is 11.3 Å². The highest BCUT2D eigenvalue weighted by Gasteiger charge is 2.36. The summed E-state index contributed by atoms with van der Waals surface area (Å²) in [7, 11) is 0. The molecule has 30 heavy (non-hydrogen) atoms. The molecule has 1 fully saturated rings. The molecule has 0 amide bonds. The standard InChI is InChI=1S/C21H23F3N4OS/c1-11-8-16(18-27-28-19(30-18)25-7-6-20(2,3)29)26-17-14(11)9-13(12-4-5-12)10-15(17)21(22,23)24/h8-10,12,29H,4-7H2,1-3H3,(H,25,28). The summed E-state index contributed by atoms with van der Waals surface area (Å²) in [5.74, 6) is 0.218. The van der Waals surface area contributed by atoms with Crippen LogP contribution in [0.2, 0.25) is 0 Å². The smallest absolute Gasteiger partial charge is 0.390 e. The minimum absolute atomic E-state index is 0.0476. The Hall–Kier alpha value is -2.26. The lowest BCUT2D eigenvalue weighted by Crippen LogP contribution is -2.22. The summed E-state index contributed by atoms with van der Waals surface area (Å²) in [5, 5.41) is 22.5. The molecule has 1 aliphatic carbocycles. The maximum atomic E-state index is 13.8. The minimum Gasteiger partial charge on any atom is -0.390 e. The fraction of sp³-hybridized carbons (Fsp3) is 0.476. The maximum Gasteiger partial charge on any atom is 0.418 e. The van der Waals surface area contributed by atoms with Crippen LogP contribution in [0.3, 0.4) is 0 Å². The normalized spacial score (nSPS) is 15.0. The van der Waals surface area contributed by atoms with Crippen molar-refractivity contribution in [1.82, 2.24) is 15.2 Å². The van der Waals surface area contributed by atoms with Gasteiger partial charge in [-0.25, -0.2) is 4.98 Å². The third kappa shape index (κ3) is 4.57. The number of benzene rings is 1. The van der Waals surface area contributed by atoms with Crippen LogP contribution in [0.4, 0.5) is 18.3 Å². The van der Waals surface area contributed by atoms with Gasteiger partial charge < -0.3 is 10.4 Å². The average molecular weight is 437 g/mol. The largest absolute Gasteiger partial charge is 0.418 e. The fourth-order valence-corrected chi connectivity index (χ4v) is 4.09. The third-order valence-electron chi connectivity index (χ3n) is 5.15. The van der Waals surface area contributed by atoms with E-state index in [0.29, 0.717) is 34.2 Å². The minimum atomic E-state index is -4.48. The van der Waals surface area contributed by atoms with E-state index in [9.17, 15) is 18.3 Å². The zero-order chi connectivity index (χ0) is 21.7. The molecule has 0 aliphatic heterocycles. The van der Waals surface area contributed by atoms with Gasteiger partial charge in [-0.05, 0) is 75.3 Å². The first-order chi connectivity index (χ1) is 14.0. The molecule has 0 atom stereocenters. The van der Waals surface area contributed by atoms with Crippen molar-refractivity contribution in [3.05, 3.63) is 34.9 Å². The van der Waals surface area contributed by atoms with Crippen molar-refractivity contribution in [1.29, 1.82) is 0 Å². The highest BCUT2D eigenvalue weighted by Crippen LogP contribution is 2.45. The van der Waals surface area contributed by atoms with Gasteiger partial charge in [0.25, 0.3) is 0 Å². The highest BCUT2D eigenvalue weighted by molar-refractivity contribution is 7.18. The summed E-state index contributed by atoms with van der Waals surface area (Å²) < 4.78 is 41.4. The quantitative estimate of drug-likeness (QED) is 0.532. The first-order valence-corrected chi connectivity index (χ1v) is 10.7. The molecule has 0 unspecified atom stereocenters. The van der Waals surface area contributed by atoms with Gasteiger partial charge in [-0.3, -0.25) is 0 Å². The number of alkyl halides is 3. The van der Waals surface area contributed by atoms with E-state index in [1.54, 1.807) is 26.8 Å². The second-order valence-electron chi connectivity index (χ2n) is 8.46. The number of fused-ring (bicyclic) bond motifs is 1. The predicted octanol–water partition coefficient (Wildman–Crippen LogP) is 5.53. The van der Waals surface area contributed by atoms with Gasteiger partial charge in [0.2, 0.25) is 5.13 Å². The topological polar surface area (TPSA) is 70.9 Å². The van der Waals surface area contributed by atoms with E-state index in [-0.39, 0.29) is 11.4 Å². The van der Waals surface area contributed by atoms with Crippen molar-refractivity contribution in [3.63, 3.8) is 0 Å². The van der Waals surface area contributed by atoms with Crippen molar-refractivity contribution in [2.45, 2.75) is 57.7 Å². The van der Waals surface area contributed by atoms with E-state index in [1.165, 1.54) is 17.4 Å². The second kappa shape index (κ2) is 7.46. The molecule has 0 bridgehead atoms. The maximum absolute atomic E-state index is 13.8. The number of aromatic nitrogens is 3. The van der Waals surface area contributed by atoms with Crippen molar-refractivity contribution < 1.29 is 18.3 Å². The van der Waals surface area contributed by atoms with Crippen molar-refractivity contribution >= 4 is 27.4 Å². The Morgan fingerprint density at radius 1 is 1.17 bits per heavy atom. The molecule has 1 saturated carbocycles. The van der Waals surface area contributed by atoms with Crippen LogP contribution in [0.25, 0.3) is 21.6 Å². The van der Waals surface area contributed by atoms with Crippen LogP contribution in [0, 0.1) is 6.92 Å². The number of nitrogens with one attached hydrogen (secondary N) is 1. The zero-order valence-corrected chi connectivity index (χ0v) is 17.8. The summed E-state index contributed by atoms with van der Waals surface area (Å²) >= 11 is 1.23. The molecule has 1 aliphatic rings. The Kier molecular flexibility index (Phi) is 5.22. The monoisotopic (exact) mass is 436 g/mol. The van der Waals surface area contributed by atoms with E-state index in [0.717, 1.165) is 24.0 Å². The molecule has 2 heterocycles. The highest BCUT2D eigenvalue weighted by atomic mass is 32.1. The zero-order valence-electron chi connectivity index (χ0n) is 17.0. The van der Waals surface area contributed by atoms with E-state index in [1.807, 2.05) is 6.07 Å². The Morgan fingerprint density at radius 3 is 2.53 bits per heavy atom. The molecule has 0 spiro atoms. The Morgan fingerprint density at radius 2 is 1.90 bits per heavy atom. The molecule has 5 nitrogen and oxygen atoms in total. The number of aliphatic hydroxyl groups is 1. The summed E-state index contributed by atoms with van der Waals surface area (Å²) in [5.41, 5.74) is 0.299. The SMILES string of the molecule is Cc1cc(-c2nnc(NCCC(C)(C)O)s2)nc2c(C(F)(F)F)cc(C3CC3)cc12. The molecule has 4 rings (SSSR count). The third-order valence-corrected chi connectivity index (χ3v) is 6.06. The van der Waals surface area contributed by atoms with E-state index >= 15 is 0 Å². The first-order valence-electron chi connectivity index (χ1n) is 9.84. The number of hydrogen-bond acceptors (Lipinski definition) is 6. The van der Waals surface area contributed by atoms with Gasteiger partial charge in [0.15, 0.2) is 5.01 Å². The molecular weight excluding hydrogens is 413 g/mol. The predicted molar refractivity (Wildman–Crippen MR) is 112 cm³/mol. The van der Waals surface area contributed by atoms with Gasteiger partial charge in [0.1, 0.15) is 5.69 Å². The number of pyridine rings is 1. The number of anilines is 1. The lowest BCUT2D eigenvalue weighted by atomic mass is 9.98. The second-order valence-corrected chi connectivity index (χ2v) is 9.44. The first kappa shape index (κ1) is 21.0. The van der Waals surface area contributed by atoms with Gasteiger partial charge >= 0.3 is 6.18 Å². The van der Waals surface area contributed by atoms with Crippen molar-refractivity contribution in [2.75, 3.05) is 11.9 Å². The molecule has 0 saturated heterocycles. The fourth-order valence-electron chi connectivity index (χ4n) is 3.36. The van der Waals surface area contributed by atoms with Crippen LogP contribution < -0.4 is 5.32 Å². The van der Waals surface area contributed by atoms with Crippen LogP contribution in [0.1, 0.15) is 55.7 Å². The lowest BCUT2D eigenvalue weighted by molar-refractivity contribution is -0.136. The van der Waals surface area contributed by atoms with Crippen LogP contribution in [0.15, 0.2) is 18.2 Å². The lowest BCUT2D eigenvalue weighted by Gasteiger charge is -2.16. The molecule has 2 aromatic heterocycles. The molecular formula is C21H23F3N4OS. The number of nitrogens with zero attached hydrogens (tertiary/aromatic N) is 3. The van der Waals surface area contributed by atoms with E-state index < -0.39 is 17.3 Å². The number of hydrogen-bond donors (Lipinski definition) is 2. The van der Waals surface area contributed by atoms with Crippen LogP contribution in [-0.2, 0) is 6.18 Å². The Labute approximate surface area is 176 Å². The van der Waals surface area contributed by atoms with Crippen molar-refractivity contribution in [2.24, 2.45) is 0 Å². The van der Waals surface area contributed by atoms with E-state index in [2.05, 4.69) is 20.5 Å². The van der Waals surface area contributed by atoms with Crippen molar-refractivity contribution in [3.8, 4) is 10.7 Å². The summed E-state index contributed by atoms with van der Waals surface area (Å²) in [6, 6.07) is 4.86. The molecule has 3 aromatic rings. The number of aryl methyl sites for hydroxylation is 1. The Bertz CT molecular complexity index is 1080. The van der Waals surface area contributed by atoms with Gasteiger partial charge in [0, 0.05) is 11.9 Å². The summed E-state index contributed by atoms with van der Waals surface area (Å²) in [6.07, 6.45) is -2.09. The Balaban J connectivity index is 1.70. The van der Waals surface area contributed by atoms with Crippen LogP contribution >= 0.6 is 11.3 Å². The average Bonchev–Trinajstić information content (AvgIpc) is 3.38. The van der Waals surface area contributed by atoms with Crippen LogP contribution in [0.5, 0.6) is 0 Å². The summed E-state index contributed by atoms with van der Waals surface area (Å²) in [6.45, 7) is 5.74. The molecule has 1 aromatic carbocycles. The van der Waals surface area contributed by atoms with Gasteiger partial charge in [-0.15, -0.1) is 10.2 Å².